The largest absolute Gasteiger partial charge is 0.394 e. The highest BCUT2D eigenvalue weighted by atomic mass is 32.2. The van der Waals surface area contributed by atoms with E-state index < -0.39 is 12.2 Å². The van der Waals surface area contributed by atoms with Gasteiger partial charge in [-0.1, -0.05) is 30.3 Å². The SMILES string of the molecule is OC[C@@H](O)[C@H]1C[S+](CCc2ccccc2)C[C@H]1O. The van der Waals surface area contributed by atoms with Gasteiger partial charge in [0, 0.05) is 6.42 Å². The van der Waals surface area contributed by atoms with Gasteiger partial charge in [0.2, 0.25) is 0 Å². The molecule has 3 nitrogen and oxygen atoms in total. The van der Waals surface area contributed by atoms with Gasteiger partial charge in [0.05, 0.1) is 18.6 Å². The number of hydrogen-bond donors (Lipinski definition) is 3. The predicted molar refractivity (Wildman–Crippen MR) is 74.7 cm³/mol. The lowest BCUT2D eigenvalue weighted by Gasteiger charge is -2.15. The quantitative estimate of drug-likeness (QED) is 0.669. The Kier molecular flexibility index (Phi) is 5.06. The topological polar surface area (TPSA) is 60.7 Å². The molecule has 1 fully saturated rings. The van der Waals surface area contributed by atoms with Gasteiger partial charge in [-0.2, -0.15) is 0 Å². The molecule has 3 N–H and O–H groups in total. The Labute approximate surface area is 111 Å². The molecular formula is C14H21O3S+. The molecule has 4 atom stereocenters. The average molecular weight is 269 g/mol. The van der Waals surface area contributed by atoms with Crippen LogP contribution in [0.15, 0.2) is 30.3 Å². The van der Waals surface area contributed by atoms with Gasteiger partial charge >= 0.3 is 0 Å². The Hall–Kier alpha value is -0.550. The van der Waals surface area contributed by atoms with E-state index in [0.29, 0.717) is 0 Å². The van der Waals surface area contributed by atoms with Crippen molar-refractivity contribution in [2.24, 2.45) is 5.92 Å². The fraction of sp³-hybridized carbons (Fsp3) is 0.571. The van der Waals surface area contributed by atoms with Crippen LogP contribution >= 0.6 is 0 Å². The maximum Gasteiger partial charge on any atom is 0.134 e. The lowest BCUT2D eigenvalue weighted by Crippen LogP contribution is -2.32. The summed E-state index contributed by atoms with van der Waals surface area (Å²) >= 11 is 0. The molecule has 0 aliphatic carbocycles. The summed E-state index contributed by atoms with van der Waals surface area (Å²) in [5, 5.41) is 28.5. The summed E-state index contributed by atoms with van der Waals surface area (Å²) in [5.41, 5.74) is 1.32. The van der Waals surface area contributed by atoms with Crippen LogP contribution in [-0.4, -0.2) is 51.4 Å². The number of hydrogen-bond acceptors (Lipinski definition) is 3. The Morgan fingerprint density at radius 2 is 1.94 bits per heavy atom. The van der Waals surface area contributed by atoms with Gasteiger partial charge in [0.25, 0.3) is 0 Å². The molecule has 0 radical (unpaired) electrons. The Morgan fingerprint density at radius 3 is 2.61 bits per heavy atom. The van der Waals surface area contributed by atoms with Crippen molar-refractivity contribution in [3.63, 3.8) is 0 Å². The van der Waals surface area contributed by atoms with Crippen molar-refractivity contribution >= 4 is 10.9 Å². The van der Waals surface area contributed by atoms with Gasteiger partial charge in [-0.3, -0.25) is 0 Å². The zero-order chi connectivity index (χ0) is 13.0. The second-order valence-corrected chi connectivity index (χ2v) is 7.17. The molecule has 1 saturated heterocycles. The van der Waals surface area contributed by atoms with E-state index in [9.17, 15) is 10.2 Å². The molecule has 100 valence electrons. The normalized spacial score (nSPS) is 29.4. The summed E-state index contributed by atoms with van der Waals surface area (Å²) in [5.74, 6) is 2.54. The van der Waals surface area contributed by atoms with Crippen molar-refractivity contribution in [3.05, 3.63) is 35.9 Å². The van der Waals surface area contributed by atoms with Gasteiger partial charge in [-0.05, 0) is 16.5 Å². The van der Waals surface area contributed by atoms with E-state index in [1.807, 2.05) is 18.2 Å². The molecule has 2 rings (SSSR count). The van der Waals surface area contributed by atoms with Gasteiger partial charge in [-0.15, -0.1) is 0 Å². The highest BCUT2D eigenvalue weighted by Crippen LogP contribution is 2.25. The van der Waals surface area contributed by atoms with Crippen LogP contribution in [-0.2, 0) is 17.3 Å². The van der Waals surface area contributed by atoms with Gasteiger partial charge in [-0.25, -0.2) is 0 Å². The molecule has 0 saturated carbocycles. The molecule has 18 heavy (non-hydrogen) atoms. The van der Waals surface area contributed by atoms with E-state index in [2.05, 4.69) is 12.1 Å². The minimum atomic E-state index is -0.769. The third kappa shape index (κ3) is 3.48. The van der Waals surface area contributed by atoms with Gasteiger partial charge in [0.15, 0.2) is 0 Å². The van der Waals surface area contributed by atoms with E-state index in [-0.39, 0.29) is 23.4 Å². The number of aliphatic hydroxyl groups is 3. The van der Waals surface area contributed by atoms with Crippen molar-refractivity contribution in [2.75, 3.05) is 23.9 Å². The molecule has 4 heteroatoms. The minimum absolute atomic E-state index is 0.144. The lowest BCUT2D eigenvalue weighted by atomic mass is 10.0. The van der Waals surface area contributed by atoms with Crippen molar-refractivity contribution in [1.82, 2.24) is 0 Å². The molecule has 1 aromatic carbocycles. The predicted octanol–water partition coefficient (Wildman–Crippen LogP) is 0.191. The van der Waals surface area contributed by atoms with Crippen LogP contribution in [0.2, 0.25) is 0 Å². The van der Waals surface area contributed by atoms with E-state index in [4.69, 9.17) is 5.11 Å². The smallest absolute Gasteiger partial charge is 0.134 e. The zero-order valence-corrected chi connectivity index (χ0v) is 11.2. The van der Waals surface area contributed by atoms with E-state index >= 15 is 0 Å². The minimum Gasteiger partial charge on any atom is -0.394 e. The van der Waals surface area contributed by atoms with Crippen LogP contribution in [0.5, 0.6) is 0 Å². The summed E-state index contributed by atoms with van der Waals surface area (Å²) < 4.78 is 0. The van der Waals surface area contributed by atoms with Crippen molar-refractivity contribution in [1.29, 1.82) is 0 Å². The van der Waals surface area contributed by atoms with Crippen LogP contribution in [0.25, 0.3) is 0 Å². The number of aryl methyl sites for hydroxylation is 1. The first kappa shape index (κ1) is 13.9. The summed E-state index contributed by atoms with van der Waals surface area (Å²) in [6.07, 6.45) is -0.195. The Balaban J connectivity index is 1.82. The van der Waals surface area contributed by atoms with Gasteiger partial charge in [0.1, 0.15) is 23.4 Å². The number of rotatable bonds is 5. The maximum atomic E-state index is 9.89. The second-order valence-electron chi connectivity index (χ2n) is 4.87. The Morgan fingerprint density at radius 1 is 1.22 bits per heavy atom. The molecule has 0 aromatic heterocycles. The number of aliphatic hydroxyl groups excluding tert-OH is 3. The molecule has 1 aliphatic heterocycles. The number of benzene rings is 1. The van der Waals surface area contributed by atoms with Crippen molar-refractivity contribution < 1.29 is 15.3 Å². The van der Waals surface area contributed by atoms with Crippen molar-refractivity contribution in [2.45, 2.75) is 18.6 Å². The van der Waals surface area contributed by atoms with Gasteiger partial charge < -0.3 is 15.3 Å². The third-order valence-corrected chi connectivity index (χ3v) is 5.98. The standard InChI is InChI=1S/C14H21O3S/c15-8-13(16)12-9-18(10-14(12)17)7-6-11-4-2-1-3-5-11/h1-5,12-17H,6-10H2/q+1/t12-,13-,14-,18?/m1/s1. The molecule has 1 aliphatic rings. The highest BCUT2D eigenvalue weighted by Gasteiger charge is 2.43. The first-order chi connectivity index (χ1) is 8.70. The van der Waals surface area contributed by atoms with E-state index in [1.54, 1.807) is 0 Å². The van der Waals surface area contributed by atoms with Crippen LogP contribution < -0.4 is 0 Å². The summed E-state index contributed by atoms with van der Waals surface area (Å²) in [6.45, 7) is -0.252. The summed E-state index contributed by atoms with van der Waals surface area (Å²) in [4.78, 5) is 0. The van der Waals surface area contributed by atoms with E-state index in [1.165, 1.54) is 5.56 Å². The molecule has 1 heterocycles. The first-order valence-electron chi connectivity index (χ1n) is 6.35. The van der Waals surface area contributed by atoms with Crippen LogP contribution in [0.3, 0.4) is 0 Å². The fourth-order valence-corrected chi connectivity index (χ4v) is 5.11. The van der Waals surface area contributed by atoms with Crippen LogP contribution in [0.4, 0.5) is 0 Å². The molecule has 0 spiro atoms. The average Bonchev–Trinajstić information content (AvgIpc) is 2.78. The molecule has 1 unspecified atom stereocenters. The summed E-state index contributed by atoms with van der Waals surface area (Å²) in [6, 6.07) is 10.3. The fourth-order valence-electron chi connectivity index (χ4n) is 2.39. The molecule has 0 amide bonds. The highest BCUT2D eigenvalue weighted by molar-refractivity contribution is 7.97. The monoisotopic (exact) mass is 269 g/mol. The van der Waals surface area contributed by atoms with Crippen molar-refractivity contribution in [3.8, 4) is 0 Å². The second kappa shape index (κ2) is 6.57. The van der Waals surface area contributed by atoms with E-state index in [0.717, 1.165) is 23.7 Å². The maximum absolute atomic E-state index is 9.89. The van der Waals surface area contributed by atoms with Crippen LogP contribution in [0, 0.1) is 5.92 Å². The third-order valence-electron chi connectivity index (χ3n) is 3.53. The summed E-state index contributed by atoms with van der Waals surface area (Å²) in [7, 11) is 0.169. The molecule has 0 bridgehead atoms. The molecular weight excluding hydrogens is 248 g/mol. The lowest BCUT2D eigenvalue weighted by molar-refractivity contribution is 0.00718. The van der Waals surface area contributed by atoms with Crippen LogP contribution in [0.1, 0.15) is 5.56 Å². The zero-order valence-electron chi connectivity index (χ0n) is 10.4. The Bertz CT molecular complexity index is 357. The first-order valence-corrected chi connectivity index (χ1v) is 8.09. The molecule has 1 aromatic rings.